The number of amides is 1. The molecule has 0 aliphatic carbocycles. The second-order valence-electron chi connectivity index (χ2n) is 4.16. The highest BCUT2D eigenvalue weighted by Gasteiger charge is 2.30. The lowest BCUT2D eigenvalue weighted by molar-refractivity contribution is -0.156. The highest BCUT2D eigenvalue weighted by molar-refractivity contribution is 5.81. The normalized spacial score (nSPS) is 13.7. The lowest BCUT2D eigenvalue weighted by Crippen LogP contribution is -2.46. The van der Waals surface area contributed by atoms with Gasteiger partial charge in [-0.05, 0) is 24.6 Å². The molecule has 1 unspecified atom stereocenters. The topological polar surface area (TPSA) is 86.6 Å². The predicted molar refractivity (Wildman–Crippen MR) is 61.4 cm³/mol. The molecule has 1 rings (SSSR count). The highest BCUT2D eigenvalue weighted by atomic mass is 19.1. The van der Waals surface area contributed by atoms with E-state index in [9.17, 15) is 19.1 Å². The van der Waals surface area contributed by atoms with Crippen molar-refractivity contribution in [3.63, 3.8) is 0 Å². The number of hydrogen-bond donors (Lipinski definition) is 3. The molecule has 98 valence electrons. The fraction of sp³-hybridized carbons (Fsp3) is 0.333. The van der Waals surface area contributed by atoms with E-state index in [2.05, 4.69) is 5.32 Å². The standard InChI is InChI=1S/C12H14FNO4/c1-12(18,11(16)17)7-14-10(15)6-8-2-4-9(13)5-3-8/h2-5,18H,6-7H2,1H3,(H,14,15)(H,16,17). The number of carboxylic acid groups (broad SMARTS) is 1. The second kappa shape index (κ2) is 5.59. The molecular formula is C12H14FNO4. The monoisotopic (exact) mass is 255 g/mol. The van der Waals surface area contributed by atoms with Crippen LogP contribution >= 0.6 is 0 Å². The largest absolute Gasteiger partial charge is 0.479 e. The summed E-state index contributed by atoms with van der Waals surface area (Å²) in [5.74, 6) is -2.25. The average molecular weight is 255 g/mol. The Hall–Kier alpha value is -1.95. The summed E-state index contributed by atoms with van der Waals surface area (Å²) in [6, 6.07) is 5.39. The van der Waals surface area contributed by atoms with Crippen molar-refractivity contribution in [2.45, 2.75) is 18.9 Å². The maximum atomic E-state index is 12.6. The summed E-state index contributed by atoms with van der Waals surface area (Å²) in [4.78, 5) is 22.0. The molecule has 0 aromatic heterocycles. The van der Waals surface area contributed by atoms with Gasteiger partial charge in [0, 0.05) is 0 Å². The molecule has 3 N–H and O–H groups in total. The average Bonchev–Trinajstić information content (AvgIpc) is 2.29. The van der Waals surface area contributed by atoms with Crippen LogP contribution in [0.2, 0.25) is 0 Å². The van der Waals surface area contributed by atoms with E-state index in [1.54, 1.807) is 0 Å². The first kappa shape index (κ1) is 14.1. The third kappa shape index (κ3) is 4.14. The summed E-state index contributed by atoms with van der Waals surface area (Å²) in [6.45, 7) is 0.704. The van der Waals surface area contributed by atoms with Gasteiger partial charge < -0.3 is 15.5 Å². The molecule has 0 bridgehead atoms. The van der Waals surface area contributed by atoms with Crippen molar-refractivity contribution >= 4 is 11.9 Å². The molecule has 18 heavy (non-hydrogen) atoms. The number of carbonyl (C=O) groups is 2. The molecule has 1 aromatic carbocycles. The Balaban J connectivity index is 2.48. The summed E-state index contributed by atoms with van der Waals surface area (Å²) in [5.41, 5.74) is -1.40. The molecular weight excluding hydrogens is 241 g/mol. The fourth-order valence-electron chi connectivity index (χ4n) is 1.20. The molecule has 0 radical (unpaired) electrons. The van der Waals surface area contributed by atoms with E-state index in [1.807, 2.05) is 0 Å². The van der Waals surface area contributed by atoms with Crippen molar-refractivity contribution in [2.75, 3.05) is 6.54 Å². The van der Waals surface area contributed by atoms with Gasteiger partial charge >= 0.3 is 5.97 Å². The van der Waals surface area contributed by atoms with Gasteiger partial charge in [0.1, 0.15) is 5.82 Å². The van der Waals surface area contributed by atoms with Crippen molar-refractivity contribution in [1.29, 1.82) is 0 Å². The molecule has 0 saturated carbocycles. The fourth-order valence-corrected chi connectivity index (χ4v) is 1.20. The number of carboxylic acids is 1. The number of nitrogens with one attached hydrogen (secondary N) is 1. The smallest absolute Gasteiger partial charge is 0.337 e. The molecule has 1 amide bonds. The van der Waals surface area contributed by atoms with Crippen molar-refractivity contribution < 1.29 is 24.2 Å². The third-order valence-electron chi connectivity index (χ3n) is 2.37. The summed E-state index contributed by atoms with van der Waals surface area (Å²) < 4.78 is 12.6. The number of halogens is 1. The maximum absolute atomic E-state index is 12.6. The number of hydrogen-bond acceptors (Lipinski definition) is 3. The van der Waals surface area contributed by atoms with Crippen molar-refractivity contribution in [3.8, 4) is 0 Å². The zero-order chi connectivity index (χ0) is 13.8. The molecule has 0 fully saturated rings. The molecule has 0 heterocycles. The molecule has 1 atom stereocenters. The third-order valence-corrected chi connectivity index (χ3v) is 2.37. The van der Waals surface area contributed by atoms with Crippen LogP contribution in [0.25, 0.3) is 0 Å². The van der Waals surface area contributed by atoms with Crippen LogP contribution in [0.4, 0.5) is 4.39 Å². The Labute approximate surface area is 103 Å². The summed E-state index contributed by atoms with van der Waals surface area (Å²) in [6.07, 6.45) is -0.00399. The summed E-state index contributed by atoms with van der Waals surface area (Å²) in [7, 11) is 0. The first-order valence-electron chi connectivity index (χ1n) is 5.28. The Kier molecular flexibility index (Phi) is 4.38. The highest BCUT2D eigenvalue weighted by Crippen LogP contribution is 2.04. The zero-order valence-electron chi connectivity index (χ0n) is 9.81. The van der Waals surface area contributed by atoms with Gasteiger partial charge in [-0.15, -0.1) is 0 Å². The van der Waals surface area contributed by atoms with Crippen LogP contribution < -0.4 is 5.32 Å². The van der Waals surface area contributed by atoms with Gasteiger partial charge in [-0.2, -0.15) is 0 Å². The van der Waals surface area contributed by atoms with Crippen LogP contribution in [0.5, 0.6) is 0 Å². The van der Waals surface area contributed by atoms with Crippen molar-refractivity contribution in [1.82, 2.24) is 5.32 Å². The Bertz CT molecular complexity index is 442. The SMILES string of the molecule is CC(O)(CNC(=O)Cc1ccc(F)cc1)C(=O)O. The molecule has 0 aliphatic heterocycles. The van der Waals surface area contributed by atoms with Gasteiger partial charge in [-0.25, -0.2) is 9.18 Å². The van der Waals surface area contributed by atoms with Gasteiger partial charge in [0.05, 0.1) is 13.0 Å². The zero-order valence-corrected chi connectivity index (χ0v) is 9.81. The van der Waals surface area contributed by atoms with Gasteiger partial charge in [0.15, 0.2) is 5.60 Å². The summed E-state index contributed by atoms with van der Waals surface area (Å²) in [5, 5.41) is 20.3. The molecule has 6 heteroatoms. The first-order chi connectivity index (χ1) is 8.31. The molecule has 0 spiro atoms. The Morgan fingerprint density at radius 3 is 2.39 bits per heavy atom. The van der Waals surface area contributed by atoms with Gasteiger partial charge in [-0.1, -0.05) is 12.1 Å². The lowest BCUT2D eigenvalue weighted by Gasteiger charge is -2.18. The van der Waals surface area contributed by atoms with E-state index >= 15 is 0 Å². The Morgan fingerprint density at radius 1 is 1.33 bits per heavy atom. The van der Waals surface area contributed by atoms with Crippen molar-refractivity contribution in [2.24, 2.45) is 0 Å². The number of benzene rings is 1. The molecule has 5 nitrogen and oxygen atoms in total. The van der Waals surface area contributed by atoms with E-state index < -0.39 is 23.3 Å². The minimum Gasteiger partial charge on any atom is -0.479 e. The van der Waals surface area contributed by atoms with E-state index in [-0.39, 0.29) is 13.0 Å². The number of aliphatic hydroxyl groups is 1. The van der Waals surface area contributed by atoms with Crippen LogP contribution in [0.15, 0.2) is 24.3 Å². The summed E-state index contributed by atoms with van der Waals surface area (Å²) >= 11 is 0. The quantitative estimate of drug-likeness (QED) is 0.707. The number of aliphatic carboxylic acids is 1. The van der Waals surface area contributed by atoms with Crippen molar-refractivity contribution in [3.05, 3.63) is 35.6 Å². The minimum atomic E-state index is -2.00. The number of rotatable bonds is 5. The van der Waals surface area contributed by atoms with E-state index in [0.29, 0.717) is 5.56 Å². The van der Waals surface area contributed by atoms with Crippen LogP contribution in [-0.2, 0) is 16.0 Å². The maximum Gasteiger partial charge on any atom is 0.337 e. The van der Waals surface area contributed by atoms with Crippen LogP contribution in [0.3, 0.4) is 0 Å². The Morgan fingerprint density at radius 2 is 1.89 bits per heavy atom. The number of carbonyl (C=O) groups excluding carboxylic acids is 1. The van der Waals surface area contributed by atoms with E-state index in [1.165, 1.54) is 24.3 Å². The minimum absolute atomic E-state index is 0.00399. The molecule has 0 saturated heterocycles. The van der Waals surface area contributed by atoms with Gasteiger partial charge in [-0.3, -0.25) is 4.79 Å². The molecule has 1 aromatic rings. The van der Waals surface area contributed by atoms with Crippen LogP contribution in [0.1, 0.15) is 12.5 Å². The predicted octanol–water partition coefficient (Wildman–Crippen LogP) is 0.320. The molecule has 0 aliphatic rings. The second-order valence-corrected chi connectivity index (χ2v) is 4.16. The van der Waals surface area contributed by atoms with Gasteiger partial charge in [0.2, 0.25) is 5.91 Å². The van der Waals surface area contributed by atoms with E-state index in [4.69, 9.17) is 5.11 Å². The lowest BCUT2D eigenvalue weighted by atomic mass is 10.1. The van der Waals surface area contributed by atoms with Gasteiger partial charge in [0.25, 0.3) is 0 Å². The van der Waals surface area contributed by atoms with Crippen LogP contribution in [0, 0.1) is 5.82 Å². The van der Waals surface area contributed by atoms with Crippen LogP contribution in [-0.4, -0.2) is 34.2 Å². The first-order valence-corrected chi connectivity index (χ1v) is 5.28. The van der Waals surface area contributed by atoms with E-state index in [0.717, 1.165) is 6.92 Å².